The standard InChI is InChI=1S/C15H20ClIN2O2/c1-20-8-9-21-7-3-2-6-19-14-5-4-12(17)10-13(14)18-15(19)11-16/h4-5,10H,2-3,6-9,11H2,1H3. The van der Waals surface area contributed by atoms with Crippen LogP contribution >= 0.6 is 34.2 Å². The van der Waals surface area contributed by atoms with Gasteiger partial charge >= 0.3 is 0 Å². The van der Waals surface area contributed by atoms with Crippen LogP contribution in [0.25, 0.3) is 11.0 Å². The number of aryl methyl sites for hydroxylation is 1. The lowest BCUT2D eigenvalue weighted by molar-refractivity contribution is 0.0684. The maximum absolute atomic E-state index is 6.02. The molecule has 2 rings (SSSR count). The zero-order valence-electron chi connectivity index (χ0n) is 12.1. The van der Waals surface area contributed by atoms with Crippen LogP contribution in [0.4, 0.5) is 0 Å². The van der Waals surface area contributed by atoms with Crippen LogP contribution in [-0.2, 0) is 21.9 Å². The highest BCUT2D eigenvalue weighted by atomic mass is 127. The summed E-state index contributed by atoms with van der Waals surface area (Å²) in [4.78, 5) is 4.61. The molecule has 0 saturated heterocycles. The molecular formula is C15H20ClIN2O2. The Hall–Kier alpha value is -0.370. The molecule has 0 spiro atoms. The van der Waals surface area contributed by atoms with Crippen LogP contribution in [0.3, 0.4) is 0 Å². The second-order valence-corrected chi connectivity index (χ2v) is 6.27. The first-order valence-corrected chi connectivity index (χ1v) is 8.65. The van der Waals surface area contributed by atoms with E-state index < -0.39 is 0 Å². The number of benzene rings is 1. The maximum Gasteiger partial charge on any atom is 0.124 e. The molecule has 1 aromatic carbocycles. The van der Waals surface area contributed by atoms with Crippen LogP contribution in [0.15, 0.2) is 18.2 Å². The number of fused-ring (bicyclic) bond motifs is 1. The molecule has 0 fully saturated rings. The molecule has 0 aliphatic carbocycles. The Labute approximate surface area is 143 Å². The van der Waals surface area contributed by atoms with E-state index in [1.807, 2.05) is 0 Å². The minimum Gasteiger partial charge on any atom is -0.382 e. The fourth-order valence-corrected chi connectivity index (χ4v) is 2.90. The highest BCUT2D eigenvalue weighted by molar-refractivity contribution is 14.1. The number of unbranched alkanes of at least 4 members (excludes halogenated alkanes) is 1. The second-order valence-electron chi connectivity index (χ2n) is 4.76. The topological polar surface area (TPSA) is 36.3 Å². The predicted octanol–water partition coefficient (Wildman–Crippen LogP) is 3.82. The molecule has 0 bridgehead atoms. The molecule has 0 aliphatic heterocycles. The molecule has 0 radical (unpaired) electrons. The Balaban J connectivity index is 1.91. The molecular weight excluding hydrogens is 403 g/mol. The first kappa shape index (κ1) is 17.0. The van der Waals surface area contributed by atoms with Gasteiger partial charge in [-0.3, -0.25) is 0 Å². The Morgan fingerprint density at radius 3 is 2.86 bits per heavy atom. The fraction of sp³-hybridized carbons (Fsp3) is 0.533. The molecule has 0 unspecified atom stereocenters. The first-order valence-electron chi connectivity index (χ1n) is 7.03. The lowest BCUT2D eigenvalue weighted by Gasteiger charge is -2.08. The average Bonchev–Trinajstić information content (AvgIpc) is 2.83. The third-order valence-electron chi connectivity index (χ3n) is 3.26. The number of rotatable bonds is 9. The molecule has 6 heteroatoms. The van der Waals surface area contributed by atoms with E-state index >= 15 is 0 Å². The zero-order valence-corrected chi connectivity index (χ0v) is 15.1. The minimum atomic E-state index is 0.440. The van der Waals surface area contributed by atoms with Crippen LogP contribution in [0.2, 0.25) is 0 Å². The Bertz CT molecular complexity index is 574. The van der Waals surface area contributed by atoms with Gasteiger partial charge in [-0.1, -0.05) is 0 Å². The van der Waals surface area contributed by atoms with Crippen molar-refractivity contribution >= 4 is 45.2 Å². The fourth-order valence-electron chi connectivity index (χ4n) is 2.22. The summed E-state index contributed by atoms with van der Waals surface area (Å²) in [6, 6.07) is 6.32. The summed E-state index contributed by atoms with van der Waals surface area (Å²) in [5.74, 6) is 1.38. The van der Waals surface area contributed by atoms with Gasteiger partial charge in [-0.05, 0) is 53.6 Å². The number of hydrogen-bond acceptors (Lipinski definition) is 3. The number of aromatic nitrogens is 2. The Morgan fingerprint density at radius 2 is 2.10 bits per heavy atom. The van der Waals surface area contributed by atoms with Crippen LogP contribution in [0, 0.1) is 3.57 Å². The molecule has 2 aromatic rings. The number of alkyl halides is 1. The van der Waals surface area contributed by atoms with Gasteiger partial charge in [-0.15, -0.1) is 11.6 Å². The van der Waals surface area contributed by atoms with Gasteiger partial charge in [0, 0.05) is 23.8 Å². The molecule has 0 N–H and O–H groups in total. The monoisotopic (exact) mass is 422 g/mol. The number of ether oxygens (including phenoxy) is 2. The second kappa shape index (κ2) is 8.92. The van der Waals surface area contributed by atoms with Crippen LogP contribution in [0.1, 0.15) is 18.7 Å². The van der Waals surface area contributed by atoms with Crippen LogP contribution in [0.5, 0.6) is 0 Å². The smallest absolute Gasteiger partial charge is 0.124 e. The van der Waals surface area contributed by atoms with Gasteiger partial charge in [0.2, 0.25) is 0 Å². The van der Waals surface area contributed by atoms with Crippen molar-refractivity contribution in [1.29, 1.82) is 0 Å². The van der Waals surface area contributed by atoms with E-state index in [1.54, 1.807) is 7.11 Å². The van der Waals surface area contributed by atoms with Crippen molar-refractivity contribution < 1.29 is 9.47 Å². The summed E-state index contributed by atoms with van der Waals surface area (Å²) in [5.41, 5.74) is 2.18. The highest BCUT2D eigenvalue weighted by Gasteiger charge is 2.09. The SMILES string of the molecule is COCCOCCCCn1c(CCl)nc2cc(I)ccc21. The zero-order chi connectivity index (χ0) is 15.1. The largest absolute Gasteiger partial charge is 0.382 e. The normalized spacial score (nSPS) is 11.4. The summed E-state index contributed by atoms with van der Waals surface area (Å²) in [5, 5.41) is 0. The summed E-state index contributed by atoms with van der Waals surface area (Å²) >= 11 is 8.32. The Morgan fingerprint density at radius 1 is 1.24 bits per heavy atom. The van der Waals surface area contributed by atoms with Crippen molar-refractivity contribution in [2.45, 2.75) is 25.3 Å². The van der Waals surface area contributed by atoms with E-state index in [1.165, 1.54) is 3.57 Å². The van der Waals surface area contributed by atoms with Crippen LogP contribution in [-0.4, -0.2) is 36.5 Å². The van der Waals surface area contributed by atoms with Crippen LogP contribution < -0.4 is 0 Å². The summed E-state index contributed by atoms with van der Waals surface area (Å²) in [6.45, 7) is 3.01. The van der Waals surface area contributed by atoms with E-state index in [0.29, 0.717) is 19.1 Å². The lowest BCUT2D eigenvalue weighted by Crippen LogP contribution is -2.06. The van der Waals surface area contributed by atoms with Gasteiger partial charge in [-0.25, -0.2) is 4.98 Å². The molecule has 4 nitrogen and oxygen atoms in total. The summed E-state index contributed by atoms with van der Waals surface area (Å²) in [7, 11) is 1.68. The van der Waals surface area contributed by atoms with E-state index in [9.17, 15) is 0 Å². The number of imidazole rings is 1. The van der Waals surface area contributed by atoms with Gasteiger partial charge in [0.15, 0.2) is 0 Å². The summed E-state index contributed by atoms with van der Waals surface area (Å²) < 4.78 is 13.8. The number of methoxy groups -OCH3 is 1. The van der Waals surface area contributed by atoms with Crippen molar-refractivity contribution in [3.63, 3.8) is 0 Å². The maximum atomic E-state index is 6.02. The van der Waals surface area contributed by atoms with E-state index in [2.05, 4.69) is 50.3 Å². The van der Waals surface area contributed by atoms with E-state index in [4.69, 9.17) is 21.1 Å². The molecule has 1 heterocycles. The van der Waals surface area contributed by atoms with Gasteiger partial charge in [0.05, 0.1) is 30.1 Å². The lowest BCUT2D eigenvalue weighted by atomic mass is 10.3. The van der Waals surface area contributed by atoms with Crippen molar-refractivity contribution in [2.24, 2.45) is 0 Å². The Kier molecular flexibility index (Phi) is 7.22. The molecule has 0 amide bonds. The van der Waals surface area contributed by atoms with Crippen molar-refractivity contribution in [1.82, 2.24) is 9.55 Å². The third kappa shape index (κ3) is 4.81. The van der Waals surface area contributed by atoms with Gasteiger partial charge in [-0.2, -0.15) is 0 Å². The number of halogens is 2. The summed E-state index contributed by atoms with van der Waals surface area (Å²) in [6.07, 6.45) is 2.07. The highest BCUT2D eigenvalue weighted by Crippen LogP contribution is 2.20. The minimum absolute atomic E-state index is 0.440. The quantitative estimate of drug-likeness (QED) is 0.350. The molecule has 0 saturated carbocycles. The molecule has 1 aromatic heterocycles. The van der Waals surface area contributed by atoms with E-state index in [0.717, 1.165) is 42.9 Å². The number of hydrogen-bond donors (Lipinski definition) is 0. The predicted molar refractivity (Wildman–Crippen MR) is 93.9 cm³/mol. The molecule has 116 valence electrons. The molecule has 0 atom stereocenters. The van der Waals surface area contributed by atoms with Crippen molar-refractivity contribution in [3.8, 4) is 0 Å². The molecule has 0 aliphatic rings. The average molecular weight is 423 g/mol. The van der Waals surface area contributed by atoms with E-state index in [-0.39, 0.29) is 0 Å². The van der Waals surface area contributed by atoms with Crippen molar-refractivity contribution in [3.05, 3.63) is 27.6 Å². The molecule has 21 heavy (non-hydrogen) atoms. The number of nitrogens with zero attached hydrogens (tertiary/aromatic N) is 2. The van der Waals surface area contributed by atoms with Crippen molar-refractivity contribution in [2.75, 3.05) is 26.9 Å². The third-order valence-corrected chi connectivity index (χ3v) is 4.17. The van der Waals surface area contributed by atoms with Gasteiger partial charge in [0.1, 0.15) is 5.82 Å². The van der Waals surface area contributed by atoms with Gasteiger partial charge in [0.25, 0.3) is 0 Å². The van der Waals surface area contributed by atoms with Gasteiger partial charge < -0.3 is 14.0 Å². The first-order chi connectivity index (χ1) is 10.3.